The maximum absolute atomic E-state index is 13.2. The first-order valence-electron chi connectivity index (χ1n) is 10.0. The molecule has 1 aromatic heterocycles. The SMILES string of the molecule is CNN(C)c1ccc(-c2cccc(N)c2)n(CC(=O)NCc2ccc(C(=N)N)cc2)c1=O. The Bertz CT molecular complexity index is 1190. The molecule has 32 heavy (non-hydrogen) atoms. The van der Waals surface area contributed by atoms with E-state index < -0.39 is 0 Å². The molecular weight excluding hydrogens is 406 g/mol. The number of aromatic nitrogens is 1. The zero-order valence-corrected chi connectivity index (χ0v) is 18.1. The third kappa shape index (κ3) is 5.13. The van der Waals surface area contributed by atoms with Crippen LogP contribution in [0.5, 0.6) is 0 Å². The molecule has 0 bridgehead atoms. The molecular formula is C23H27N7O2. The van der Waals surface area contributed by atoms with E-state index in [1.165, 1.54) is 4.57 Å². The summed E-state index contributed by atoms with van der Waals surface area (Å²) in [6, 6.07) is 17.7. The summed E-state index contributed by atoms with van der Waals surface area (Å²) in [5.74, 6) is -0.322. The maximum atomic E-state index is 13.2. The van der Waals surface area contributed by atoms with Crippen molar-refractivity contribution in [1.82, 2.24) is 15.3 Å². The lowest BCUT2D eigenvalue weighted by atomic mass is 10.1. The summed E-state index contributed by atoms with van der Waals surface area (Å²) in [5, 5.41) is 11.9. The smallest absolute Gasteiger partial charge is 0.276 e. The van der Waals surface area contributed by atoms with Crippen molar-refractivity contribution in [3.63, 3.8) is 0 Å². The molecule has 3 aromatic rings. The van der Waals surface area contributed by atoms with E-state index in [-0.39, 0.29) is 30.4 Å². The van der Waals surface area contributed by atoms with Crippen LogP contribution in [0.1, 0.15) is 11.1 Å². The summed E-state index contributed by atoms with van der Waals surface area (Å²) >= 11 is 0. The number of hydrogen-bond donors (Lipinski definition) is 5. The van der Waals surface area contributed by atoms with Crippen LogP contribution >= 0.6 is 0 Å². The molecule has 0 aliphatic heterocycles. The molecule has 0 unspecified atom stereocenters. The molecule has 0 fully saturated rings. The van der Waals surface area contributed by atoms with Crippen LogP contribution in [0.15, 0.2) is 65.5 Å². The zero-order valence-electron chi connectivity index (χ0n) is 18.1. The van der Waals surface area contributed by atoms with Crippen LogP contribution in [0.4, 0.5) is 11.4 Å². The van der Waals surface area contributed by atoms with Gasteiger partial charge in [-0.05, 0) is 29.8 Å². The van der Waals surface area contributed by atoms with Gasteiger partial charge in [0.15, 0.2) is 0 Å². The van der Waals surface area contributed by atoms with E-state index in [1.54, 1.807) is 73.7 Å². The van der Waals surface area contributed by atoms with Crippen molar-refractivity contribution in [3.05, 3.63) is 82.1 Å². The Morgan fingerprint density at radius 3 is 2.47 bits per heavy atom. The van der Waals surface area contributed by atoms with Crippen molar-refractivity contribution in [3.8, 4) is 11.3 Å². The Balaban J connectivity index is 1.86. The van der Waals surface area contributed by atoms with Gasteiger partial charge in [0.25, 0.3) is 5.56 Å². The third-order valence-corrected chi connectivity index (χ3v) is 5.09. The van der Waals surface area contributed by atoms with Crippen molar-refractivity contribution < 1.29 is 4.79 Å². The molecule has 166 valence electrons. The molecule has 1 heterocycles. The highest BCUT2D eigenvalue weighted by molar-refractivity contribution is 5.94. The highest BCUT2D eigenvalue weighted by Gasteiger charge is 2.16. The molecule has 1 amide bonds. The van der Waals surface area contributed by atoms with E-state index in [4.69, 9.17) is 16.9 Å². The van der Waals surface area contributed by atoms with Crippen molar-refractivity contribution in [1.29, 1.82) is 5.41 Å². The van der Waals surface area contributed by atoms with Crippen LogP contribution in [0, 0.1) is 5.41 Å². The summed E-state index contributed by atoms with van der Waals surface area (Å²) in [6.07, 6.45) is 0. The van der Waals surface area contributed by atoms with Crippen molar-refractivity contribution in [2.45, 2.75) is 13.1 Å². The Morgan fingerprint density at radius 1 is 1.12 bits per heavy atom. The molecule has 0 spiro atoms. The predicted molar refractivity (Wildman–Crippen MR) is 127 cm³/mol. The van der Waals surface area contributed by atoms with Crippen LogP contribution in [-0.4, -0.2) is 30.4 Å². The average molecular weight is 434 g/mol. The number of anilines is 2. The predicted octanol–water partition coefficient (Wildman–Crippen LogP) is 1.27. The van der Waals surface area contributed by atoms with Crippen molar-refractivity contribution in [2.75, 3.05) is 24.8 Å². The largest absolute Gasteiger partial charge is 0.399 e. The van der Waals surface area contributed by atoms with Gasteiger partial charge < -0.3 is 21.8 Å². The average Bonchev–Trinajstić information content (AvgIpc) is 2.78. The number of amides is 1. The molecule has 3 rings (SSSR count). The Kier molecular flexibility index (Phi) is 6.91. The molecule has 7 N–H and O–H groups in total. The highest BCUT2D eigenvalue weighted by Crippen LogP contribution is 2.22. The molecule has 0 atom stereocenters. The second kappa shape index (κ2) is 9.80. The summed E-state index contributed by atoms with van der Waals surface area (Å²) < 4.78 is 1.44. The number of nitrogens with zero attached hydrogens (tertiary/aromatic N) is 2. The first kappa shape index (κ1) is 22.6. The quantitative estimate of drug-likeness (QED) is 0.157. The molecule has 9 nitrogen and oxygen atoms in total. The van der Waals surface area contributed by atoms with Crippen LogP contribution in [0.3, 0.4) is 0 Å². The highest BCUT2D eigenvalue weighted by atomic mass is 16.2. The van der Waals surface area contributed by atoms with E-state index in [0.717, 1.165) is 11.1 Å². The molecule has 0 aliphatic rings. The van der Waals surface area contributed by atoms with Crippen molar-refractivity contribution in [2.24, 2.45) is 5.73 Å². The number of nitrogen functional groups attached to an aromatic ring is 2. The van der Waals surface area contributed by atoms with Crippen LogP contribution in [-0.2, 0) is 17.9 Å². The number of amidine groups is 1. The normalized spacial score (nSPS) is 10.6. The van der Waals surface area contributed by atoms with Crippen LogP contribution in [0.2, 0.25) is 0 Å². The van der Waals surface area contributed by atoms with Crippen LogP contribution in [0.25, 0.3) is 11.3 Å². The van der Waals surface area contributed by atoms with E-state index in [0.29, 0.717) is 22.6 Å². The molecule has 2 aromatic carbocycles. The van der Waals surface area contributed by atoms with E-state index in [1.807, 2.05) is 6.07 Å². The van der Waals surface area contributed by atoms with Gasteiger partial charge in [-0.25, -0.2) is 5.43 Å². The van der Waals surface area contributed by atoms with E-state index >= 15 is 0 Å². The first-order chi connectivity index (χ1) is 15.3. The van der Waals surface area contributed by atoms with Gasteiger partial charge in [-0.3, -0.25) is 19.6 Å². The third-order valence-electron chi connectivity index (χ3n) is 5.09. The number of nitrogens with two attached hydrogens (primary N) is 2. The number of pyridine rings is 1. The molecule has 9 heteroatoms. The minimum Gasteiger partial charge on any atom is -0.399 e. The lowest BCUT2D eigenvalue weighted by molar-refractivity contribution is -0.121. The van der Waals surface area contributed by atoms with Gasteiger partial charge >= 0.3 is 0 Å². The van der Waals surface area contributed by atoms with Crippen LogP contribution < -0.4 is 32.8 Å². The molecule has 0 saturated carbocycles. The topological polar surface area (TPSA) is 142 Å². The Hall–Kier alpha value is -4.11. The minimum absolute atomic E-state index is 0.0135. The number of hydrogen-bond acceptors (Lipinski definition) is 6. The number of hydrazine groups is 1. The fourth-order valence-electron chi connectivity index (χ4n) is 3.25. The van der Waals surface area contributed by atoms with Gasteiger partial charge in [0, 0.05) is 37.5 Å². The van der Waals surface area contributed by atoms with Gasteiger partial charge in [-0.1, -0.05) is 36.4 Å². The fraction of sp³-hybridized carbons (Fsp3) is 0.174. The fourth-order valence-corrected chi connectivity index (χ4v) is 3.25. The molecule has 0 radical (unpaired) electrons. The van der Waals surface area contributed by atoms with Gasteiger partial charge in [-0.15, -0.1) is 0 Å². The van der Waals surface area contributed by atoms with Gasteiger partial charge in [0.05, 0.1) is 5.69 Å². The zero-order chi connectivity index (χ0) is 23.3. The summed E-state index contributed by atoms with van der Waals surface area (Å²) in [5.41, 5.74) is 17.8. The summed E-state index contributed by atoms with van der Waals surface area (Å²) in [4.78, 5) is 25.9. The number of benzene rings is 2. The number of carbonyl (C=O) groups excluding carboxylic acids is 1. The lowest BCUT2D eigenvalue weighted by Crippen LogP contribution is -2.39. The number of nitrogens with one attached hydrogen (secondary N) is 3. The first-order valence-corrected chi connectivity index (χ1v) is 10.0. The summed E-state index contributed by atoms with van der Waals surface area (Å²) in [6.45, 7) is 0.134. The monoisotopic (exact) mass is 433 g/mol. The van der Waals surface area contributed by atoms with Gasteiger partial charge in [-0.2, -0.15) is 0 Å². The van der Waals surface area contributed by atoms with Gasteiger partial charge in [0.2, 0.25) is 5.91 Å². The number of carbonyl (C=O) groups is 1. The van der Waals surface area contributed by atoms with E-state index in [9.17, 15) is 9.59 Å². The van der Waals surface area contributed by atoms with E-state index in [2.05, 4.69) is 10.7 Å². The Labute approximate surface area is 186 Å². The van der Waals surface area contributed by atoms with Gasteiger partial charge in [0.1, 0.15) is 18.1 Å². The standard InChI is InChI=1S/C23H27N7O2/c1-27-29(2)20-11-10-19(17-4-3-5-18(24)12-17)30(23(20)32)14-21(31)28-13-15-6-8-16(9-7-15)22(25)26/h3-12,27H,13-14,24H2,1-2H3,(H3,25,26)(H,28,31). The number of rotatable bonds is 8. The lowest BCUT2D eigenvalue weighted by Gasteiger charge is -2.20. The summed E-state index contributed by atoms with van der Waals surface area (Å²) in [7, 11) is 3.44. The maximum Gasteiger partial charge on any atom is 0.276 e. The Morgan fingerprint density at radius 2 is 1.84 bits per heavy atom. The van der Waals surface area contributed by atoms with Crippen molar-refractivity contribution >= 4 is 23.1 Å². The minimum atomic E-state index is -0.308. The second-order valence-electron chi connectivity index (χ2n) is 7.29. The molecule has 0 aliphatic carbocycles. The molecule has 0 saturated heterocycles. The second-order valence-corrected chi connectivity index (χ2v) is 7.29.